The van der Waals surface area contributed by atoms with E-state index in [9.17, 15) is 4.79 Å². The summed E-state index contributed by atoms with van der Waals surface area (Å²) in [4.78, 5) is 11.4. The first kappa shape index (κ1) is 12.0. The lowest BCUT2D eigenvalue weighted by molar-refractivity contribution is -0.146. The minimum Gasteiger partial charge on any atom is -0.465 e. The van der Waals surface area contributed by atoms with Gasteiger partial charge < -0.3 is 4.74 Å². The van der Waals surface area contributed by atoms with E-state index in [0.717, 1.165) is 12.8 Å². The van der Waals surface area contributed by atoms with E-state index in [-0.39, 0.29) is 5.97 Å². The van der Waals surface area contributed by atoms with Crippen LogP contribution in [0.2, 0.25) is 0 Å². The third-order valence-corrected chi connectivity index (χ3v) is 3.02. The van der Waals surface area contributed by atoms with Crippen molar-refractivity contribution in [2.24, 2.45) is 11.8 Å². The van der Waals surface area contributed by atoms with Crippen LogP contribution >= 0.6 is 0 Å². The highest BCUT2D eigenvalue weighted by Gasteiger charge is 2.24. The van der Waals surface area contributed by atoms with Crippen molar-refractivity contribution in [2.45, 2.75) is 45.4 Å². The van der Waals surface area contributed by atoms with Crippen molar-refractivity contribution < 1.29 is 9.53 Å². The summed E-state index contributed by atoms with van der Waals surface area (Å²) in [5.41, 5.74) is 0. The zero-order valence-corrected chi connectivity index (χ0v) is 9.37. The minimum atomic E-state index is -0.548. The summed E-state index contributed by atoms with van der Waals surface area (Å²) in [6.07, 6.45) is 6.80. The molecule has 1 saturated carbocycles. The smallest absolute Gasteiger partial charge is 0.323 e. The Morgan fingerprint density at radius 1 is 1.47 bits per heavy atom. The monoisotopic (exact) mass is 209 g/mol. The third-order valence-electron chi connectivity index (χ3n) is 3.02. The predicted molar refractivity (Wildman–Crippen MR) is 56.9 cm³/mol. The van der Waals surface area contributed by atoms with Crippen molar-refractivity contribution in [3.8, 4) is 6.07 Å². The molecule has 0 aromatic carbocycles. The van der Waals surface area contributed by atoms with E-state index in [2.05, 4.69) is 6.07 Å². The number of ether oxygens (including phenoxy) is 1. The third kappa shape index (κ3) is 3.91. The molecule has 1 rings (SSSR count). The number of rotatable bonds is 4. The average molecular weight is 209 g/mol. The highest BCUT2D eigenvalue weighted by molar-refractivity contribution is 5.75. The van der Waals surface area contributed by atoms with Gasteiger partial charge in [-0.05, 0) is 19.3 Å². The van der Waals surface area contributed by atoms with E-state index in [1.165, 1.54) is 19.3 Å². The van der Waals surface area contributed by atoms with Crippen LogP contribution in [0.3, 0.4) is 0 Å². The number of carbonyl (C=O) groups excluding carboxylic acids is 1. The lowest BCUT2D eigenvalue weighted by atomic mass is 9.83. The molecule has 15 heavy (non-hydrogen) atoms. The normalized spacial score (nSPS) is 19.2. The van der Waals surface area contributed by atoms with Crippen LogP contribution in [0.5, 0.6) is 0 Å². The zero-order chi connectivity index (χ0) is 11.1. The van der Waals surface area contributed by atoms with Gasteiger partial charge in [0.1, 0.15) is 5.92 Å². The Balaban J connectivity index is 2.38. The van der Waals surface area contributed by atoms with Gasteiger partial charge in [0.2, 0.25) is 0 Å². The van der Waals surface area contributed by atoms with E-state index in [1.54, 1.807) is 6.92 Å². The Bertz CT molecular complexity index is 238. The van der Waals surface area contributed by atoms with E-state index in [0.29, 0.717) is 18.9 Å². The number of hydrogen-bond donors (Lipinski definition) is 0. The summed E-state index contributed by atoms with van der Waals surface area (Å²) in [5, 5.41) is 8.90. The summed E-state index contributed by atoms with van der Waals surface area (Å²) >= 11 is 0. The molecule has 1 atom stereocenters. The molecular formula is C12H19NO2. The average Bonchev–Trinajstić information content (AvgIpc) is 2.27. The molecule has 0 N–H and O–H groups in total. The van der Waals surface area contributed by atoms with Crippen LogP contribution in [-0.4, -0.2) is 12.6 Å². The lowest BCUT2D eigenvalue weighted by Gasteiger charge is -2.22. The fourth-order valence-corrected chi connectivity index (χ4v) is 2.20. The number of nitrogens with zero attached hydrogens (tertiary/aromatic N) is 1. The van der Waals surface area contributed by atoms with Gasteiger partial charge in [0, 0.05) is 0 Å². The maximum absolute atomic E-state index is 11.4. The fraction of sp³-hybridized carbons (Fsp3) is 0.833. The summed E-state index contributed by atoms with van der Waals surface area (Å²) in [6.45, 7) is 2.13. The van der Waals surface area contributed by atoms with Crippen molar-refractivity contribution >= 4 is 5.97 Å². The number of carbonyl (C=O) groups is 1. The highest BCUT2D eigenvalue weighted by atomic mass is 16.5. The number of nitriles is 1. The van der Waals surface area contributed by atoms with Gasteiger partial charge in [-0.1, -0.05) is 32.1 Å². The summed E-state index contributed by atoms with van der Waals surface area (Å²) in [7, 11) is 0. The van der Waals surface area contributed by atoms with Gasteiger partial charge in [0.05, 0.1) is 12.7 Å². The molecule has 0 radical (unpaired) electrons. The second kappa shape index (κ2) is 6.44. The van der Waals surface area contributed by atoms with Crippen molar-refractivity contribution in [2.75, 3.05) is 6.61 Å². The Morgan fingerprint density at radius 2 is 2.13 bits per heavy atom. The molecule has 3 nitrogen and oxygen atoms in total. The molecule has 0 aromatic heterocycles. The quantitative estimate of drug-likeness (QED) is 0.669. The second-order valence-corrected chi connectivity index (χ2v) is 4.17. The van der Waals surface area contributed by atoms with E-state index in [1.807, 2.05) is 0 Å². The van der Waals surface area contributed by atoms with E-state index >= 15 is 0 Å². The van der Waals surface area contributed by atoms with Crippen LogP contribution in [0, 0.1) is 23.2 Å². The Kier molecular flexibility index (Phi) is 5.17. The first-order chi connectivity index (χ1) is 7.27. The maximum atomic E-state index is 11.4. The van der Waals surface area contributed by atoms with Crippen LogP contribution in [-0.2, 0) is 9.53 Å². The molecule has 0 bridgehead atoms. The van der Waals surface area contributed by atoms with Gasteiger partial charge in [0.25, 0.3) is 0 Å². The topological polar surface area (TPSA) is 50.1 Å². The SMILES string of the molecule is CCOC(=O)[C@H](C#N)CC1CCCCC1. The van der Waals surface area contributed by atoms with Gasteiger partial charge in [0.15, 0.2) is 0 Å². The van der Waals surface area contributed by atoms with Crippen LogP contribution in [0.4, 0.5) is 0 Å². The maximum Gasteiger partial charge on any atom is 0.323 e. The van der Waals surface area contributed by atoms with Crippen molar-refractivity contribution in [3.05, 3.63) is 0 Å². The molecule has 1 aliphatic rings. The van der Waals surface area contributed by atoms with Crippen LogP contribution in [0.1, 0.15) is 45.4 Å². The zero-order valence-electron chi connectivity index (χ0n) is 9.37. The summed E-state index contributed by atoms with van der Waals surface area (Å²) in [5.74, 6) is -0.341. The molecule has 1 aliphatic carbocycles. The standard InChI is InChI=1S/C12H19NO2/c1-2-15-12(14)11(9-13)8-10-6-4-3-5-7-10/h10-11H,2-8H2,1H3/t11-/m0/s1. The van der Waals surface area contributed by atoms with Crippen molar-refractivity contribution in [1.82, 2.24) is 0 Å². The Morgan fingerprint density at radius 3 is 2.67 bits per heavy atom. The molecule has 3 heteroatoms. The van der Waals surface area contributed by atoms with E-state index < -0.39 is 5.92 Å². The van der Waals surface area contributed by atoms with Gasteiger partial charge in [-0.3, -0.25) is 4.79 Å². The van der Waals surface area contributed by atoms with Gasteiger partial charge in [-0.15, -0.1) is 0 Å². The molecule has 0 spiro atoms. The van der Waals surface area contributed by atoms with Gasteiger partial charge >= 0.3 is 5.97 Å². The summed E-state index contributed by atoms with van der Waals surface area (Å²) < 4.78 is 4.88. The molecule has 0 saturated heterocycles. The second-order valence-electron chi connectivity index (χ2n) is 4.17. The van der Waals surface area contributed by atoms with Crippen LogP contribution in [0.15, 0.2) is 0 Å². The molecule has 0 aliphatic heterocycles. The molecule has 1 fully saturated rings. The first-order valence-electron chi connectivity index (χ1n) is 5.84. The Hall–Kier alpha value is -1.04. The van der Waals surface area contributed by atoms with Gasteiger partial charge in [-0.25, -0.2) is 0 Å². The fourth-order valence-electron chi connectivity index (χ4n) is 2.20. The largest absolute Gasteiger partial charge is 0.465 e. The molecular weight excluding hydrogens is 190 g/mol. The van der Waals surface area contributed by atoms with Crippen molar-refractivity contribution in [1.29, 1.82) is 5.26 Å². The molecule has 0 unspecified atom stereocenters. The minimum absolute atomic E-state index is 0.342. The van der Waals surface area contributed by atoms with Gasteiger partial charge in [-0.2, -0.15) is 5.26 Å². The molecule has 0 aromatic rings. The van der Waals surface area contributed by atoms with E-state index in [4.69, 9.17) is 10.00 Å². The predicted octanol–water partition coefficient (Wildman–Crippen LogP) is 2.66. The van der Waals surface area contributed by atoms with Crippen LogP contribution < -0.4 is 0 Å². The van der Waals surface area contributed by atoms with Crippen LogP contribution in [0.25, 0.3) is 0 Å². The highest BCUT2D eigenvalue weighted by Crippen LogP contribution is 2.29. The molecule has 0 amide bonds. The lowest BCUT2D eigenvalue weighted by Crippen LogP contribution is -2.20. The molecule has 84 valence electrons. The number of esters is 1. The Labute approximate surface area is 91.4 Å². The number of hydrogen-bond acceptors (Lipinski definition) is 3. The summed E-state index contributed by atoms with van der Waals surface area (Å²) in [6, 6.07) is 2.06. The van der Waals surface area contributed by atoms with Crippen molar-refractivity contribution in [3.63, 3.8) is 0 Å². The molecule has 0 heterocycles. The first-order valence-corrected chi connectivity index (χ1v) is 5.84.